The van der Waals surface area contributed by atoms with Crippen molar-refractivity contribution in [2.45, 2.75) is 32.8 Å². The molecular formula is C17H20ClNO. The zero-order valence-electron chi connectivity index (χ0n) is 11.7. The van der Waals surface area contributed by atoms with E-state index in [1.165, 1.54) is 18.4 Å². The van der Waals surface area contributed by atoms with Crippen molar-refractivity contribution < 1.29 is 4.74 Å². The molecule has 0 atom stereocenters. The number of anilines is 1. The van der Waals surface area contributed by atoms with E-state index in [0.29, 0.717) is 17.3 Å². The minimum atomic E-state index is 0.456. The number of nitrogen functional groups attached to an aromatic ring is 1. The SMILES string of the molecule is CCCCc1ccc(OCc2ccc(Cl)cc2N)cc1. The van der Waals surface area contributed by atoms with E-state index in [1.54, 1.807) is 6.07 Å². The Balaban J connectivity index is 1.93. The predicted octanol–water partition coefficient (Wildman–Crippen LogP) is 4.84. The molecule has 0 aliphatic rings. The van der Waals surface area contributed by atoms with E-state index in [1.807, 2.05) is 24.3 Å². The first-order chi connectivity index (χ1) is 9.69. The second kappa shape index (κ2) is 7.20. The molecule has 2 nitrogen and oxygen atoms in total. The van der Waals surface area contributed by atoms with E-state index in [4.69, 9.17) is 22.1 Å². The Kier molecular flexibility index (Phi) is 5.31. The molecule has 0 bridgehead atoms. The van der Waals surface area contributed by atoms with Gasteiger partial charge in [0.15, 0.2) is 0 Å². The first-order valence-electron chi connectivity index (χ1n) is 6.94. The molecule has 3 heteroatoms. The number of benzene rings is 2. The topological polar surface area (TPSA) is 35.2 Å². The van der Waals surface area contributed by atoms with Crippen molar-refractivity contribution >= 4 is 17.3 Å². The van der Waals surface area contributed by atoms with Crippen LogP contribution in [0.25, 0.3) is 0 Å². The van der Waals surface area contributed by atoms with E-state index in [9.17, 15) is 0 Å². The molecule has 2 rings (SSSR count). The van der Waals surface area contributed by atoms with Crippen LogP contribution in [-0.4, -0.2) is 0 Å². The van der Waals surface area contributed by atoms with Crippen molar-refractivity contribution in [2.75, 3.05) is 5.73 Å². The zero-order chi connectivity index (χ0) is 14.4. The fourth-order valence-corrected chi connectivity index (χ4v) is 2.17. The molecule has 0 amide bonds. The van der Waals surface area contributed by atoms with Crippen molar-refractivity contribution in [3.63, 3.8) is 0 Å². The van der Waals surface area contributed by atoms with E-state index in [0.717, 1.165) is 17.7 Å². The predicted molar refractivity (Wildman–Crippen MR) is 85.3 cm³/mol. The summed E-state index contributed by atoms with van der Waals surface area (Å²) in [5.74, 6) is 0.861. The summed E-state index contributed by atoms with van der Waals surface area (Å²) in [6, 6.07) is 13.7. The first-order valence-corrected chi connectivity index (χ1v) is 7.32. The van der Waals surface area contributed by atoms with Crippen LogP contribution in [0.5, 0.6) is 5.75 Å². The molecule has 2 aromatic rings. The summed E-state index contributed by atoms with van der Waals surface area (Å²) in [4.78, 5) is 0. The van der Waals surface area contributed by atoms with Crippen LogP contribution in [0.4, 0.5) is 5.69 Å². The van der Waals surface area contributed by atoms with E-state index in [-0.39, 0.29) is 0 Å². The van der Waals surface area contributed by atoms with Gasteiger partial charge >= 0.3 is 0 Å². The van der Waals surface area contributed by atoms with Gasteiger partial charge in [-0.2, -0.15) is 0 Å². The Morgan fingerprint density at radius 1 is 1.10 bits per heavy atom. The molecule has 0 unspecified atom stereocenters. The summed E-state index contributed by atoms with van der Waals surface area (Å²) >= 11 is 5.87. The average Bonchev–Trinajstić information content (AvgIpc) is 2.45. The number of hydrogen-bond acceptors (Lipinski definition) is 2. The number of rotatable bonds is 6. The quantitative estimate of drug-likeness (QED) is 0.772. The molecule has 0 heterocycles. The second-order valence-corrected chi connectivity index (χ2v) is 5.32. The monoisotopic (exact) mass is 289 g/mol. The Bertz CT molecular complexity index is 551. The lowest BCUT2D eigenvalue weighted by Crippen LogP contribution is -2.00. The van der Waals surface area contributed by atoms with Crippen LogP contribution in [0, 0.1) is 0 Å². The van der Waals surface area contributed by atoms with Gasteiger partial charge in [0, 0.05) is 16.3 Å². The summed E-state index contributed by atoms with van der Waals surface area (Å²) in [6.45, 7) is 2.66. The third-order valence-electron chi connectivity index (χ3n) is 3.24. The summed E-state index contributed by atoms with van der Waals surface area (Å²) in [6.07, 6.45) is 3.57. The van der Waals surface area contributed by atoms with Crippen LogP contribution < -0.4 is 10.5 Å². The first kappa shape index (κ1) is 14.7. The molecule has 106 valence electrons. The van der Waals surface area contributed by atoms with Crippen molar-refractivity contribution in [2.24, 2.45) is 0 Å². The van der Waals surface area contributed by atoms with Crippen LogP contribution >= 0.6 is 11.6 Å². The van der Waals surface area contributed by atoms with Crippen LogP contribution in [-0.2, 0) is 13.0 Å². The van der Waals surface area contributed by atoms with Gasteiger partial charge in [-0.3, -0.25) is 0 Å². The number of unbranched alkanes of at least 4 members (excludes halogenated alkanes) is 1. The van der Waals surface area contributed by atoms with E-state index in [2.05, 4.69) is 19.1 Å². The highest BCUT2D eigenvalue weighted by atomic mass is 35.5. The summed E-state index contributed by atoms with van der Waals surface area (Å²) in [7, 11) is 0. The van der Waals surface area contributed by atoms with Gasteiger partial charge in [-0.25, -0.2) is 0 Å². The van der Waals surface area contributed by atoms with Gasteiger partial charge in [0.1, 0.15) is 12.4 Å². The van der Waals surface area contributed by atoms with Crippen LogP contribution in [0.2, 0.25) is 5.02 Å². The number of halogens is 1. The van der Waals surface area contributed by atoms with Crippen molar-refractivity contribution in [3.8, 4) is 5.75 Å². The van der Waals surface area contributed by atoms with Crippen molar-refractivity contribution in [3.05, 3.63) is 58.6 Å². The second-order valence-electron chi connectivity index (χ2n) is 4.88. The molecular weight excluding hydrogens is 270 g/mol. The van der Waals surface area contributed by atoms with E-state index >= 15 is 0 Å². The molecule has 0 aliphatic heterocycles. The smallest absolute Gasteiger partial charge is 0.119 e. The molecule has 0 saturated carbocycles. The third-order valence-corrected chi connectivity index (χ3v) is 3.48. The molecule has 20 heavy (non-hydrogen) atoms. The fourth-order valence-electron chi connectivity index (χ4n) is 1.99. The van der Waals surface area contributed by atoms with Crippen LogP contribution in [0.15, 0.2) is 42.5 Å². The maximum absolute atomic E-state index is 5.90. The Morgan fingerprint density at radius 3 is 2.50 bits per heavy atom. The molecule has 2 N–H and O–H groups in total. The molecule has 0 aliphatic carbocycles. The number of aryl methyl sites for hydroxylation is 1. The molecule has 0 fully saturated rings. The largest absolute Gasteiger partial charge is 0.489 e. The number of ether oxygens (including phenoxy) is 1. The maximum atomic E-state index is 5.90. The Morgan fingerprint density at radius 2 is 1.85 bits per heavy atom. The molecule has 0 aromatic heterocycles. The average molecular weight is 290 g/mol. The van der Waals surface area contributed by atoms with Gasteiger partial charge in [0.2, 0.25) is 0 Å². The van der Waals surface area contributed by atoms with Crippen LogP contribution in [0.1, 0.15) is 30.9 Å². The summed E-state index contributed by atoms with van der Waals surface area (Å²) in [5.41, 5.74) is 8.86. The highest BCUT2D eigenvalue weighted by Crippen LogP contribution is 2.21. The lowest BCUT2D eigenvalue weighted by Gasteiger charge is -2.09. The van der Waals surface area contributed by atoms with E-state index < -0.39 is 0 Å². The standard InChI is InChI=1S/C17H20ClNO/c1-2-3-4-13-5-9-16(10-6-13)20-12-14-7-8-15(18)11-17(14)19/h5-11H,2-4,12,19H2,1H3. The highest BCUT2D eigenvalue weighted by Gasteiger charge is 2.02. The normalized spacial score (nSPS) is 10.5. The lowest BCUT2D eigenvalue weighted by molar-refractivity contribution is 0.307. The Labute approximate surface area is 125 Å². The van der Waals surface area contributed by atoms with Gasteiger partial charge in [0.25, 0.3) is 0 Å². The van der Waals surface area contributed by atoms with Gasteiger partial charge in [-0.1, -0.05) is 43.1 Å². The van der Waals surface area contributed by atoms with Gasteiger partial charge in [0.05, 0.1) is 0 Å². The van der Waals surface area contributed by atoms with Gasteiger partial charge < -0.3 is 10.5 Å². The zero-order valence-corrected chi connectivity index (χ0v) is 12.5. The minimum absolute atomic E-state index is 0.456. The number of hydrogen-bond donors (Lipinski definition) is 1. The van der Waals surface area contributed by atoms with Crippen LogP contribution in [0.3, 0.4) is 0 Å². The molecule has 0 spiro atoms. The third kappa shape index (κ3) is 4.17. The fraction of sp³-hybridized carbons (Fsp3) is 0.294. The minimum Gasteiger partial charge on any atom is -0.489 e. The Hall–Kier alpha value is -1.67. The molecule has 0 saturated heterocycles. The molecule has 2 aromatic carbocycles. The van der Waals surface area contributed by atoms with Crippen molar-refractivity contribution in [1.82, 2.24) is 0 Å². The van der Waals surface area contributed by atoms with Crippen molar-refractivity contribution in [1.29, 1.82) is 0 Å². The highest BCUT2D eigenvalue weighted by molar-refractivity contribution is 6.30. The maximum Gasteiger partial charge on any atom is 0.119 e. The summed E-state index contributed by atoms with van der Waals surface area (Å²) < 4.78 is 5.75. The molecule has 0 radical (unpaired) electrons. The lowest BCUT2D eigenvalue weighted by atomic mass is 10.1. The van der Waals surface area contributed by atoms with Gasteiger partial charge in [-0.15, -0.1) is 0 Å². The van der Waals surface area contributed by atoms with Gasteiger partial charge in [-0.05, 0) is 42.7 Å². The number of nitrogens with two attached hydrogens (primary N) is 1. The summed E-state index contributed by atoms with van der Waals surface area (Å²) in [5, 5.41) is 0.645.